The molecule has 0 saturated carbocycles. The van der Waals surface area contributed by atoms with E-state index >= 15 is 0 Å². The van der Waals surface area contributed by atoms with Crippen molar-refractivity contribution >= 4 is 28.8 Å². The van der Waals surface area contributed by atoms with Crippen LogP contribution >= 0.6 is 23.8 Å². The predicted molar refractivity (Wildman–Crippen MR) is 82.9 cm³/mol. The number of halogens is 1. The van der Waals surface area contributed by atoms with Crippen molar-refractivity contribution in [3.8, 4) is 5.75 Å². The number of hydrogen-bond acceptors (Lipinski definition) is 2. The lowest BCUT2D eigenvalue weighted by atomic mass is 10.2. The van der Waals surface area contributed by atoms with Gasteiger partial charge in [-0.25, -0.2) is 0 Å². The van der Waals surface area contributed by atoms with Crippen LogP contribution < -0.4 is 10.5 Å². The molecule has 0 amide bonds. The lowest BCUT2D eigenvalue weighted by Gasteiger charge is -2.09. The molecule has 0 aliphatic rings. The minimum absolute atomic E-state index is 0.287. The summed E-state index contributed by atoms with van der Waals surface area (Å²) in [6.45, 7) is 2.56. The van der Waals surface area contributed by atoms with Gasteiger partial charge in [-0.05, 0) is 30.7 Å². The van der Waals surface area contributed by atoms with Gasteiger partial charge in [-0.3, -0.25) is 0 Å². The SMILES string of the molecule is Cc1ccc(COc2ccc(C(N)=S)c(Cl)c2)cc1. The van der Waals surface area contributed by atoms with E-state index in [0.29, 0.717) is 22.9 Å². The van der Waals surface area contributed by atoms with Gasteiger partial charge in [-0.1, -0.05) is 53.6 Å². The van der Waals surface area contributed by atoms with Crippen molar-refractivity contribution in [1.82, 2.24) is 0 Å². The van der Waals surface area contributed by atoms with Crippen LogP contribution in [0.25, 0.3) is 0 Å². The van der Waals surface area contributed by atoms with Crippen LogP contribution in [0, 0.1) is 6.92 Å². The van der Waals surface area contributed by atoms with Crippen LogP contribution in [0.3, 0.4) is 0 Å². The van der Waals surface area contributed by atoms with Crippen molar-refractivity contribution in [3.63, 3.8) is 0 Å². The second-order valence-electron chi connectivity index (χ2n) is 4.28. The summed E-state index contributed by atoms with van der Waals surface area (Å²) in [6.07, 6.45) is 0. The molecule has 0 bridgehead atoms. The maximum atomic E-state index is 6.08. The highest BCUT2D eigenvalue weighted by Crippen LogP contribution is 2.23. The third-order valence-corrected chi connectivity index (χ3v) is 3.26. The highest BCUT2D eigenvalue weighted by Gasteiger charge is 2.05. The van der Waals surface area contributed by atoms with E-state index in [0.717, 1.165) is 5.56 Å². The molecule has 0 heterocycles. The number of benzene rings is 2. The van der Waals surface area contributed by atoms with E-state index in [4.69, 9.17) is 34.3 Å². The lowest BCUT2D eigenvalue weighted by Crippen LogP contribution is -2.09. The molecule has 0 unspecified atom stereocenters. The molecular weight excluding hydrogens is 278 g/mol. The minimum atomic E-state index is 0.287. The molecule has 0 atom stereocenters. The molecular formula is C15H14ClNOS. The van der Waals surface area contributed by atoms with Crippen molar-refractivity contribution in [1.29, 1.82) is 0 Å². The maximum absolute atomic E-state index is 6.08. The summed E-state index contributed by atoms with van der Waals surface area (Å²) >= 11 is 11.0. The van der Waals surface area contributed by atoms with Crippen molar-refractivity contribution in [2.24, 2.45) is 5.73 Å². The largest absolute Gasteiger partial charge is 0.489 e. The van der Waals surface area contributed by atoms with Gasteiger partial charge in [0.2, 0.25) is 0 Å². The molecule has 2 rings (SSSR count). The first-order valence-electron chi connectivity index (χ1n) is 5.84. The number of aryl methyl sites for hydroxylation is 1. The number of hydrogen-bond donors (Lipinski definition) is 1. The summed E-state index contributed by atoms with van der Waals surface area (Å²) in [5.74, 6) is 0.700. The summed E-state index contributed by atoms with van der Waals surface area (Å²) < 4.78 is 5.68. The second kappa shape index (κ2) is 6.04. The van der Waals surface area contributed by atoms with Crippen LogP contribution in [0.5, 0.6) is 5.75 Å². The van der Waals surface area contributed by atoms with E-state index in [2.05, 4.69) is 19.1 Å². The van der Waals surface area contributed by atoms with Gasteiger partial charge in [-0.15, -0.1) is 0 Å². The van der Waals surface area contributed by atoms with Gasteiger partial charge in [0.15, 0.2) is 0 Å². The molecule has 19 heavy (non-hydrogen) atoms. The van der Waals surface area contributed by atoms with Crippen LogP contribution in [0.1, 0.15) is 16.7 Å². The van der Waals surface area contributed by atoms with Gasteiger partial charge in [0.05, 0.1) is 5.02 Å². The van der Waals surface area contributed by atoms with E-state index < -0.39 is 0 Å². The quantitative estimate of drug-likeness (QED) is 0.869. The Kier molecular flexibility index (Phi) is 4.40. The fraction of sp³-hybridized carbons (Fsp3) is 0.133. The summed E-state index contributed by atoms with van der Waals surface area (Å²) in [4.78, 5) is 0.287. The summed E-state index contributed by atoms with van der Waals surface area (Å²) in [5.41, 5.74) is 8.56. The standard InChI is InChI=1S/C15H14ClNOS/c1-10-2-4-11(5-3-10)9-18-12-6-7-13(15(17)19)14(16)8-12/h2-8H,9H2,1H3,(H2,17,19). The van der Waals surface area contributed by atoms with Gasteiger partial charge in [0.25, 0.3) is 0 Å². The van der Waals surface area contributed by atoms with E-state index in [1.807, 2.05) is 18.2 Å². The lowest BCUT2D eigenvalue weighted by molar-refractivity contribution is 0.306. The number of rotatable bonds is 4. The van der Waals surface area contributed by atoms with Gasteiger partial charge >= 0.3 is 0 Å². The number of nitrogens with two attached hydrogens (primary N) is 1. The molecule has 2 aromatic rings. The van der Waals surface area contributed by atoms with E-state index in [1.54, 1.807) is 12.1 Å². The predicted octanol–water partition coefficient (Wildman–Crippen LogP) is 3.86. The van der Waals surface area contributed by atoms with Crippen molar-refractivity contribution < 1.29 is 4.74 Å². The average Bonchev–Trinajstić information content (AvgIpc) is 2.37. The van der Waals surface area contributed by atoms with Gasteiger partial charge in [-0.2, -0.15) is 0 Å². The van der Waals surface area contributed by atoms with Crippen LogP contribution in [0.4, 0.5) is 0 Å². The van der Waals surface area contributed by atoms with E-state index in [1.165, 1.54) is 5.56 Å². The molecule has 2 N–H and O–H groups in total. The molecule has 0 radical (unpaired) electrons. The maximum Gasteiger partial charge on any atom is 0.121 e. The first kappa shape index (κ1) is 13.8. The van der Waals surface area contributed by atoms with Crippen LogP contribution in [-0.4, -0.2) is 4.99 Å². The van der Waals surface area contributed by atoms with Crippen molar-refractivity contribution in [2.75, 3.05) is 0 Å². The monoisotopic (exact) mass is 291 g/mol. The van der Waals surface area contributed by atoms with Crippen LogP contribution in [0.15, 0.2) is 42.5 Å². The van der Waals surface area contributed by atoms with E-state index in [-0.39, 0.29) is 4.99 Å². The van der Waals surface area contributed by atoms with Gasteiger partial charge in [0.1, 0.15) is 17.3 Å². The smallest absolute Gasteiger partial charge is 0.121 e. The molecule has 98 valence electrons. The van der Waals surface area contributed by atoms with Crippen molar-refractivity contribution in [2.45, 2.75) is 13.5 Å². The summed E-state index contributed by atoms with van der Waals surface area (Å²) in [7, 11) is 0. The molecule has 0 aliphatic carbocycles. The number of ether oxygens (including phenoxy) is 1. The molecule has 0 aliphatic heterocycles. The topological polar surface area (TPSA) is 35.2 Å². The zero-order chi connectivity index (χ0) is 13.8. The molecule has 0 aromatic heterocycles. The zero-order valence-electron chi connectivity index (χ0n) is 10.5. The third-order valence-electron chi connectivity index (χ3n) is 2.73. The van der Waals surface area contributed by atoms with Gasteiger partial charge in [0, 0.05) is 5.56 Å². The van der Waals surface area contributed by atoms with Crippen LogP contribution in [-0.2, 0) is 6.61 Å². The molecule has 0 saturated heterocycles. The molecule has 0 spiro atoms. The Morgan fingerprint density at radius 2 is 1.89 bits per heavy atom. The van der Waals surface area contributed by atoms with Crippen LogP contribution in [0.2, 0.25) is 5.02 Å². The summed E-state index contributed by atoms with van der Waals surface area (Å²) in [5, 5.41) is 0.508. The molecule has 0 fully saturated rings. The normalized spacial score (nSPS) is 10.2. The highest BCUT2D eigenvalue weighted by atomic mass is 35.5. The Morgan fingerprint density at radius 1 is 1.21 bits per heavy atom. The average molecular weight is 292 g/mol. The zero-order valence-corrected chi connectivity index (χ0v) is 12.1. The Balaban J connectivity index is 2.06. The Hall–Kier alpha value is -1.58. The molecule has 2 nitrogen and oxygen atoms in total. The first-order chi connectivity index (χ1) is 9.06. The Morgan fingerprint density at radius 3 is 2.47 bits per heavy atom. The van der Waals surface area contributed by atoms with E-state index in [9.17, 15) is 0 Å². The van der Waals surface area contributed by atoms with Gasteiger partial charge < -0.3 is 10.5 Å². The minimum Gasteiger partial charge on any atom is -0.489 e. The second-order valence-corrected chi connectivity index (χ2v) is 5.13. The Labute approximate surface area is 123 Å². The highest BCUT2D eigenvalue weighted by molar-refractivity contribution is 7.80. The van der Waals surface area contributed by atoms with Crippen molar-refractivity contribution in [3.05, 3.63) is 64.2 Å². The third kappa shape index (κ3) is 3.69. The first-order valence-corrected chi connectivity index (χ1v) is 6.62. The molecule has 2 aromatic carbocycles. The summed E-state index contributed by atoms with van der Waals surface area (Å²) in [6, 6.07) is 13.5. The fourth-order valence-corrected chi connectivity index (χ4v) is 2.14. The fourth-order valence-electron chi connectivity index (χ4n) is 1.64. The molecule has 4 heteroatoms. The number of thiocarbonyl (C=S) groups is 1. The Bertz CT molecular complexity index is 596.